The summed E-state index contributed by atoms with van der Waals surface area (Å²) in [5.74, 6) is 2.46. The molecule has 0 unspecified atom stereocenters. The summed E-state index contributed by atoms with van der Waals surface area (Å²) in [6.07, 6.45) is 8.45. The summed E-state index contributed by atoms with van der Waals surface area (Å²) < 4.78 is 14.9. The van der Waals surface area contributed by atoms with Crippen LogP contribution >= 0.6 is 0 Å². The fourth-order valence-electron chi connectivity index (χ4n) is 4.09. The number of aryl methyl sites for hydroxylation is 1. The number of anilines is 1. The van der Waals surface area contributed by atoms with Gasteiger partial charge in [0.05, 0.1) is 20.5 Å². The van der Waals surface area contributed by atoms with Crippen molar-refractivity contribution in [1.29, 1.82) is 0 Å². The molecule has 0 fully saturated rings. The van der Waals surface area contributed by atoms with Crippen molar-refractivity contribution in [3.8, 4) is 28.4 Å². The van der Waals surface area contributed by atoms with Gasteiger partial charge in [-0.05, 0) is 54.8 Å². The van der Waals surface area contributed by atoms with Gasteiger partial charge < -0.3 is 19.4 Å². The molecular formula is C27H27N5O2. The standard InChI is InChI=1S/C27H27N5O2/c1-19-4-11-25-30-26(21-6-8-22(9-7-21)31-15-14-28-18-31)27(32(25)17-19)29-13-12-20-5-10-23(33-2)24(16-20)34-3/h4-11,14-18,29H,12-13H2,1-3H3. The molecule has 3 heterocycles. The zero-order valence-corrected chi connectivity index (χ0v) is 19.5. The van der Waals surface area contributed by atoms with Crippen molar-refractivity contribution in [3.63, 3.8) is 0 Å². The summed E-state index contributed by atoms with van der Waals surface area (Å²) in [5, 5.41) is 3.63. The SMILES string of the molecule is COc1ccc(CCNc2c(-c3ccc(-n4ccnc4)cc3)nc3ccc(C)cn23)cc1OC. The van der Waals surface area contributed by atoms with Crippen molar-refractivity contribution in [1.82, 2.24) is 18.9 Å². The van der Waals surface area contributed by atoms with E-state index in [1.807, 2.05) is 22.9 Å². The quantitative estimate of drug-likeness (QED) is 0.351. The number of benzene rings is 2. The molecule has 3 aromatic heterocycles. The third kappa shape index (κ3) is 4.20. The van der Waals surface area contributed by atoms with Crippen LogP contribution in [0.5, 0.6) is 11.5 Å². The van der Waals surface area contributed by atoms with Crippen LogP contribution in [0.1, 0.15) is 11.1 Å². The Morgan fingerprint density at radius 3 is 2.50 bits per heavy atom. The highest BCUT2D eigenvalue weighted by Crippen LogP contribution is 2.31. The zero-order valence-electron chi connectivity index (χ0n) is 19.5. The molecule has 0 aliphatic heterocycles. The Bertz CT molecular complexity index is 1410. The van der Waals surface area contributed by atoms with Crippen LogP contribution < -0.4 is 14.8 Å². The molecule has 7 nitrogen and oxygen atoms in total. The van der Waals surface area contributed by atoms with Gasteiger partial charge in [-0.2, -0.15) is 0 Å². The molecule has 5 aromatic rings. The number of hydrogen-bond acceptors (Lipinski definition) is 5. The van der Waals surface area contributed by atoms with Gasteiger partial charge in [-0.3, -0.25) is 4.40 Å². The summed E-state index contributed by atoms with van der Waals surface area (Å²) in [4.78, 5) is 9.07. The first-order valence-corrected chi connectivity index (χ1v) is 11.2. The first-order chi connectivity index (χ1) is 16.7. The molecule has 0 bridgehead atoms. The Morgan fingerprint density at radius 1 is 0.941 bits per heavy atom. The smallest absolute Gasteiger partial charge is 0.160 e. The summed E-state index contributed by atoms with van der Waals surface area (Å²) in [7, 11) is 3.31. The Morgan fingerprint density at radius 2 is 1.76 bits per heavy atom. The summed E-state index contributed by atoms with van der Waals surface area (Å²) >= 11 is 0. The van der Waals surface area contributed by atoms with Crippen molar-refractivity contribution >= 4 is 11.5 Å². The molecule has 0 amide bonds. The molecule has 5 rings (SSSR count). The first kappa shape index (κ1) is 21.6. The van der Waals surface area contributed by atoms with Crippen molar-refractivity contribution in [2.75, 3.05) is 26.1 Å². The van der Waals surface area contributed by atoms with Crippen molar-refractivity contribution in [2.24, 2.45) is 0 Å². The van der Waals surface area contributed by atoms with Gasteiger partial charge in [0.1, 0.15) is 17.2 Å². The number of pyridine rings is 1. The van der Waals surface area contributed by atoms with Crippen molar-refractivity contribution in [3.05, 3.63) is 90.6 Å². The second-order valence-corrected chi connectivity index (χ2v) is 8.13. The van der Waals surface area contributed by atoms with Crippen LogP contribution in [-0.2, 0) is 6.42 Å². The number of imidazole rings is 2. The third-order valence-corrected chi connectivity index (χ3v) is 5.86. The van der Waals surface area contributed by atoms with Crippen LogP contribution in [0.3, 0.4) is 0 Å². The molecule has 0 spiro atoms. The van der Waals surface area contributed by atoms with Gasteiger partial charge >= 0.3 is 0 Å². The van der Waals surface area contributed by atoms with Gasteiger partial charge in [0.2, 0.25) is 0 Å². The van der Waals surface area contributed by atoms with E-state index < -0.39 is 0 Å². The molecule has 0 saturated carbocycles. The Hall–Kier alpha value is -4.26. The molecule has 0 saturated heterocycles. The lowest BCUT2D eigenvalue weighted by molar-refractivity contribution is 0.354. The minimum absolute atomic E-state index is 0.734. The molecule has 0 aliphatic carbocycles. The Kier molecular flexibility index (Phi) is 5.91. The first-order valence-electron chi connectivity index (χ1n) is 11.2. The average Bonchev–Trinajstić information content (AvgIpc) is 3.53. The van der Waals surface area contributed by atoms with Crippen LogP contribution in [-0.4, -0.2) is 39.7 Å². The number of nitrogens with zero attached hydrogens (tertiary/aromatic N) is 4. The number of hydrogen-bond donors (Lipinski definition) is 1. The van der Waals surface area contributed by atoms with Crippen LogP contribution in [0.25, 0.3) is 22.6 Å². The molecule has 1 N–H and O–H groups in total. The number of methoxy groups -OCH3 is 2. The lowest BCUT2D eigenvalue weighted by Crippen LogP contribution is -2.08. The van der Waals surface area contributed by atoms with E-state index in [9.17, 15) is 0 Å². The van der Waals surface area contributed by atoms with E-state index in [-0.39, 0.29) is 0 Å². The molecule has 0 atom stereocenters. The minimum Gasteiger partial charge on any atom is -0.493 e. The van der Waals surface area contributed by atoms with Gasteiger partial charge in [0.15, 0.2) is 11.5 Å². The second kappa shape index (κ2) is 9.31. The molecule has 7 heteroatoms. The van der Waals surface area contributed by atoms with E-state index in [0.717, 1.165) is 52.9 Å². The molecule has 172 valence electrons. The van der Waals surface area contributed by atoms with E-state index in [0.29, 0.717) is 0 Å². The summed E-state index contributed by atoms with van der Waals surface area (Å²) in [6, 6.07) is 18.5. The maximum absolute atomic E-state index is 5.45. The lowest BCUT2D eigenvalue weighted by atomic mass is 10.1. The largest absolute Gasteiger partial charge is 0.493 e. The van der Waals surface area contributed by atoms with E-state index in [1.165, 1.54) is 11.1 Å². The monoisotopic (exact) mass is 453 g/mol. The van der Waals surface area contributed by atoms with E-state index in [2.05, 4.69) is 70.3 Å². The highest BCUT2D eigenvalue weighted by atomic mass is 16.5. The van der Waals surface area contributed by atoms with E-state index in [4.69, 9.17) is 14.5 Å². The third-order valence-electron chi connectivity index (χ3n) is 5.86. The number of fused-ring (bicyclic) bond motifs is 1. The topological polar surface area (TPSA) is 65.6 Å². The summed E-state index contributed by atoms with van der Waals surface area (Å²) in [5.41, 5.74) is 6.29. The van der Waals surface area contributed by atoms with Crippen LogP contribution in [0.4, 0.5) is 5.82 Å². The highest BCUT2D eigenvalue weighted by molar-refractivity contribution is 5.77. The van der Waals surface area contributed by atoms with Gasteiger partial charge in [-0.1, -0.05) is 24.3 Å². The Balaban J connectivity index is 1.43. The van der Waals surface area contributed by atoms with Crippen LogP contribution in [0.2, 0.25) is 0 Å². The predicted molar refractivity (Wildman–Crippen MR) is 134 cm³/mol. The molecule has 34 heavy (non-hydrogen) atoms. The highest BCUT2D eigenvalue weighted by Gasteiger charge is 2.15. The second-order valence-electron chi connectivity index (χ2n) is 8.13. The predicted octanol–water partition coefficient (Wildman–Crippen LogP) is 5.17. The summed E-state index contributed by atoms with van der Waals surface area (Å²) in [6.45, 7) is 2.84. The maximum atomic E-state index is 5.45. The molecule has 2 aromatic carbocycles. The fraction of sp³-hybridized carbons (Fsp3) is 0.185. The van der Waals surface area contributed by atoms with Crippen LogP contribution in [0.15, 0.2) is 79.5 Å². The number of aromatic nitrogens is 4. The number of nitrogens with one attached hydrogen (secondary N) is 1. The van der Waals surface area contributed by atoms with Gasteiger partial charge in [0.25, 0.3) is 0 Å². The van der Waals surface area contributed by atoms with Gasteiger partial charge in [0, 0.05) is 36.4 Å². The minimum atomic E-state index is 0.734. The van der Waals surface area contributed by atoms with Crippen molar-refractivity contribution < 1.29 is 9.47 Å². The lowest BCUT2D eigenvalue weighted by Gasteiger charge is -2.12. The number of rotatable bonds is 8. The van der Waals surface area contributed by atoms with Crippen molar-refractivity contribution in [2.45, 2.75) is 13.3 Å². The average molecular weight is 454 g/mol. The normalized spacial score (nSPS) is 11.0. The molecule has 0 aliphatic rings. The zero-order chi connectivity index (χ0) is 23.5. The van der Waals surface area contributed by atoms with Crippen LogP contribution in [0, 0.1) is 6.92 Å². The van der Waals surface area contributed by atoms with E-state index >= 15 is 0 Å². The maximum Gasteiger partial charge on any atom is 0.160 e. The van der Waals surface area contributed by atoms with Gasteiger partial charge in [-0.25, -0.2) is 9.97 Å². The van der Waals surface area contributed by atoms with Gasteiger partial charge in [-0.15, -0.1) is 0 Å². The van der Waals surface area contributed by atoms with E-state index in [1.54, 1.807) is 26.7 Å². The molecular weight excluding hydrogens is 426 g/mol. The Labute approximate surface area is 198 Å². The molecule has 0 radical (unpaired) electrons. The fourth-order valence-corrected chi connectivity index (χ4v) is 4.09. The number of ether oxygens (including phenoxy) is 2.